The molecule has 2 nitrogen and oxygen atoms in total. The number of rotatable bonds is 11. The lowest BCUT2D eigenvalue weighted by Crippen LogP contribution is -2.36. The van der Waals surface area contributed by atoms with Crippen LogP contribution in [0.15, 0.2) is 0 Å². The lowest BCUT2D eigenvalue weighted by Gasteiger charge is -2.23. The van der Waals surface area contributed by atoms with Crippen molar-refractivity contribution in [1.29, 1.82) is 0 Å². The second-order valence-electron chi connectivity index (χ2n) is 4.88. The summed E-state index contributed by atoms with van der Waals surface area (Å²) < 4.78 is 10.9. The smallest absolute Gasteiger partial charge is 0.334 e. The van der Waals surface area contributed by atoms with Gasteiger partial charge in [0.1, 0.15) is 0 Å². The van der Waals surface area contributed by atoms with Crippen LogP contribution in [-0.2, 0) is 8.85 Å². The molecule has 0 radical (unpaired) electrons. The third-order valence-corrected chi connectivity index (χ3v) is 6.76. The van der Waals surface area contributed by atoms with E-state index in [0.29, 0.717) is 0 Å². The van der Waals surface area contributed by atoms with Gasteiger partial charge in [0, 0.05) is 19.6 Å². The van der Waals surface area contributed by atoms with Crippen LogP contribution in [0.3, 0.4) is 0 Å². The zero-order valence-electron chi connectivity index (χ0n) is 11.9. The predicted octanol–water partition coefficient (Wildman–Crippen LogP) is 4.71. The highest BCUT2D eigenvalue weighted by Gasteiger charge is 2.28. The molecule has 1 unspecified atom stereocenters. The summed E-state index contributed by atoms with van der Waals surface area (Å²) in [7, 11) is 1.57. The minimum atomic E-state index is -1.90. The molecule has 0 N–H and O–H groups in total. The lowest BCUT2D eigenvalue weighted by molar-refractivity contribution is 0.248. The Morgan fingerprint density at radius 1 is 1.00 bits per heavy atom. The fraction of sp³-hybridized carbons (Fsp3) is 1.00. The topological polar surface area (TPSA) is 18.5 Å². The van der Waals surface area contributed by atoms with Crippen molar-refractivity contribution in [1.82, 2.24) is 0 Å². The van der Waals surface area contributed by atoms with Crippen LogP contribution >= 0.6 is 11.6 Å². The Morgan fingerprint density at radius 3 is 2.12 bits per heavy atom. The van der Waals surface area contributed by atoms with Gasteiger partial charge in [-0.05, 0) is 25.4 Å². The Labute approximate surface area is 113 Å². The number of alkyl halides is 1. The molecule has 0 bridgehead atoms. The van der Waals surface area contributed by atoms with Crippen LogP contribution in [-0.4, -0.2) is 28.2 Å². The summed E-state index contributed by atoms with van der Waals surface area (Å²) in [5, 5.41) is 0.286. The average molecular weight is 281 g/mol. The maximum Gasteiger partial charge on any atom is 0.334 e. The van der Waals surface area contributed by atoms with Gasteiger partial charge in [0.05, 0.1) is 0 Å². The summed E-state index contributed by atoms with van der Waals surface area (Å²) in [5.41, 5.74) is 0. The van der Waals surface area contributed by atoms with Gasteiger partial charge in [0.25, 0.3) is 0 Å². The summed E-state index contributed by atoms with van der Waals surface area (Å²) >= 11 is 6.32. The van der Waals surface area contributed by atoms with Gasteiger partial charge < -0.3 is 8.85 Å². The minimum Gasteiger partial charge on any atom is -0.398 e. The van der Waals surface area contributed by atoms with Crippen molar-refractivity contribution in [2.75, 3.05) is 14.2 Å². The first-order valence-electron chi connectivity index (χ1n) is 6.82. The van der Waals surface area contributed by atoms with Crippen molar-refractivity contribution >= 4 is 20.2 Å². The summed E-state index contributed by atoms with van der Waals surface area (Å²) in [5.74, 6) is 0. The van der Waals surface area contributed by atoms with Crippen LogP contribution in [0.4, 0.5) is 0 Å². The second kappa shape index (κ2) is 10.4. The fourth-order valence-corrected chi connectivity index (χ4v) is 3.71. The molecular formula is C13H29ClO2Si. The highest BCUT2D eigenvalue weighted by Crippen LogP contribution is 2.21. The molecule has 0 saturated heterocycles. The van der Waals surface area contributed by atoms with Gasteiger partial charge in [0.15, 0.2) is 0 Å². The molecule has 0 aromatic carbocycles. The largest absolute Gasteiger partial charge is 0.398 e. The van der Waals surface area contributed by atoms with Crippen LogP contribution in [0.2, 0.25) is 12.6 Å². The fourth-order valence-electron chi connectivity index (χ4n) is 1.82. The van der Waals surface area contributed by atoms with Gasteiger partial charge in [-0.1, -0.05) is 39.0 Å². The van der Waals surface area contributed by atoms with Gasteiger partial charge in [0.2, 0.25) is 0 Å². The Hall–Kier alpha value is 0.427. The SMILES string of the molecule is CCCCCCCC(Cl)CC[Si](C)(OC)OC. The number of unbranched alkanes of at least 4 members (excludes halogenated alkanes) is 4. The molecule has 4 heteroatoms. The zero-order valence-corrected chi connectivity index (χ0v) is 13.7. The molecule has 0 saturated carbocycles. The molecule has 17 heavy (non-hydrogen) atoms. The molecule has 0 rings (SSSR count). The molecule has 0 fully saturated rings. The third kappa shape index (κ3) is 9.06. The molecule has 0 aliphatic heterocycles. The third-order valence-electron chi connectivity index (χ3n) is 3.40. The highest BCUT2D eigenvalue weighted by atomic mass is 35.5. The van der Waals surface area contributed by atoms with Crippen LogP contribution in [0.25, 0.3) is 0 Å². The summed E-state index contributed by atoms with van der Waals surface area (Å²) in [6, 6.07) is 0.989. The van der Waals surface area contributed by atoms with E-state index >= 15 is 0 Å². The highest BCUT2D eigenvalue weighted by molar-refractivity contribution is 6.65. The van der Waals surface area contributed by atoms with Crippen molar-refractivity contribution in [3.8, 4) is 0 Å². The van der Waals surface area contributed by atoms with Gasteiger partial charge in [-0.25, -0.2) is 0 Å². The first-order chi connectivity index (χ1) is 8.08. The lowest BCUT2D eigenvalue weighted by atomic mass is 10.1. The molecule has 0 aromatic rings. The molecule has 1 atom stereocenters. The van der Waals surface area contributed by atoms with E-state index in [9.17, 15) is 0 Å². The van der Waals surface area contributed by atoms with Crippen molar-refractivity contribution in [2.45, 2.75) is 69.8 Å². The van der Waals surface area contributed by atoms with Gasteiger partial charge in [-0.15, -0.1) is 11.6 Å². The predicted molar refractivity (Wildman–Crippen MR) is 78.1 cm³/mol. The van der Waals surface area contributed by atoms with E-state index in [1.54, 1.807) is 14.2 Å². The van der Waals surface area contributed by atoms with Crippen molar-refractivity contribution in [3.63, 3.8) is 0 Å². The van der Waals surface area contributed by atoms with Gasteiger partial charge >= 0.3 is 8.56 Å². The Bertz CT molecular complexity index is 175. The summed E-state index contributed by atoms with van der Waals surface area (Å²) in [6.45, 7) is 4.34. The molecular weight excluding hydrogens is 252 g/mol. The van der Waals surface area contributed by atoms with Crippen LogP contribution in [0, 0.1) is 0 Å². The summed E-state index contributed by atoms with van der Waals surface area (Å²) in [4.78, 5) is 0. The van der Waals surface area contributed by atoms with E-state index in [1.165, 1.54) is 32.1 Å². The van der Waals surface area contributed by atoms with Crippen molar-refractivity contribution in [3.05, 3.63) is 0 Å². The van der Waals surface area contributed by atoms with E-state index in [4.69, 9.17) is 20.5 Å². The molecule has 0 spiro atoms. The number of hydrogen-bond acceptors (Lipinski definition) is 2. The maximum absolute atomic E-state index is 6.32. The maximum atomic E-state index is 6.32. The molecule has 0 aromatic heterocycles. The van der Waals surface area contributed by atoms with Crippen molar-refractivity contribution in [2.24, 2.45) is 0 Å². The Balaban J connectivity index is 3.55. The Kier molecular flexibility index (Phi) is 10.6. The summed E-state index contributed by atoms with van der Waals surface area (Å²) in [6.07, 6.45) is 8.72. The van der Waals surface area contributed by atoms with E-state index in [0.717, 1.165) is 18.9 Å². The molecule has 104 valence electrons. The zero-order chi connectivity index (χ0) is 13.1. The van der Waals surface area contributed by atoms with Crippen LogP contribution in [0.1, 0.15) is 51.9 Å². The van der Waals surface area contributed by atoms with E-state index < -0.39 is 8.56 Å². The van der Waals surface area contributed by atoms with Crippen molar-refractivity contribution < 1.29 is 8.85 Å². The minimum absolute atomic E-state index is 0.286. The van der Waals surface area contributed by atoms with Crippen LogP contribution in [0.5, 0.6) is 0 Å². The van der Waals surface area contributed by atoms with Gasteiger partial charge in [-0.2, -0.15) is 0 Å². The standard InChI is InChI=1S/C13H29ClO2Si/c1-5-6-7-8-9-10-13(14)11-12-17(4,15-2)16-3/h13H,5-12H2,1-4H3. The Morgan fingerprint density at radius 2 is 1.59 bits per heavy atom. The molecule has 0 aliphatic rings. The number of halogens is 1. The molecule has 0 heterocycles. The monoisotopic (exact) mass is 280 g/mol. The quantitative estimate of drug-likeness (QED) is 0.310. The van der Waals surface area contributed by atoms with E-state index in [1.807, 2.05) is 0 Å². The molecule has 0 amide bonds. The average Bonchev–Trinajstić information content (AvgIpc) is 2.35. The van der Waals surface area contributed by atoms with E-state index in [-0.39, 0.29) is 5.38 Å². The van der Waals surface area contributed by atoms with Gasteiger partial charge in [-0.3, -0.25) is 0 Å². The second-order valence-corrected chi connectivity index (χ2v) is 9.08. The molecule has 0 aliphatic carbocycles. The first kappa shape index (κ1) is 17.4. The van der Waals surface area contributed by atoms with E-state index in [2.05, 4.69) is 13.5 Å². The first-order valence-corrected chi connectivity index (χ1v) is 9.78. The normalized spacial score (nSPS) is 13.9. The number of hydrogen-bond donors (Lipinski definition) is 0. The van der Waals surface area contributed by atoms with Crippen LogP contribution < -0.4 is 0 Å².